The largest absolute Gasteiger partial charge is 0.347 e. The maximum Gasteiger partial charge on any atom is 0.225 e. The molecular weight excluding hydrogens is 401 g/mol. The second-order valence-corrected chi connectivity index (χ2v) is 8.53. The Bertz CT molecular complexity index is 1240. The zero-order valence-corrected chi connectivity index (χ0v) is 18.4. The molecule has 162 valence electrons. The normalized spacial score (nSPS) is 16.5. The Morgan fingerprint density at radius 3 is 2.72 bits per heavy atom. The van der Waals surface area contributed by atoms with Gasteiger partial charge in [0.25, 0.3) is 0 Å². The van der Waals surface area contributed by atoms with Gasteiger partial charge in [0, 0.05) is 44.0 Å². The van der Waals surface area contributed by atoms with Crippen LogP contribution in [0.3, 0.4) is 0 Å². The van der Waals surface area contributed by atoms with E-state index in [2.05, 4.69) is 39.1 Å². The topological polar surface area (TPSA) is 45.2 Å². The van der Waals surface area contributed by atoms with Crippen LogP contribution in [-0.2, 0) is 6.54 Å². The molecule has 0 unspecified atom stereocenters. The summed E-state index contributed by atoms with van der Waals surface area (Å²) in [7, 11) is 3.90. The van der Waals surface area contributed by atoms with E-state index in [9.17, 15) is 4.39 Å². The van der Waals surface area contributed by atoms with Gasteiger partial charge in [0.15, 0.2) is 0 Å². The summed E-state index contributed by atoms with van der Waals surface area (Å²) in [6.45, 7) is 1.86. The van der Waals surface area contributed by atoms with E-state index in [1.165, 1.54) is 17.7 Å². The third kappa shape index (κ3) is 4.06. The van der Waals surface area contributed by atoms with Gasteiger partial charge < -0.3 is 4.90 Å². The number of hydrogen-bond donors (Lipinski definition) is 0. The number of pyridine rings is 1. The predicted octanol–water partition coefficient (Wildman–Crippen LogP) is 5.23. The van der Waals surface area contributed by atoms with Crippen LogP contribution in [0.25, 0.3) is 22.0 Å². The molecule has 0 spiro atoms. The number of benzene rings is 2. The van der Waals surface area contributed by atoms with Crippen LogP contribution in [-0.4, -0.2) is 40.5 Å². The molecule has 3 heterocycles. The number of anilines is 1. The highest BCUT2D eigenvalue weighted by Gasteiger charge is 2.30. The first-order valence-corrected chi connectivity index (χ1v) is 11.0. The molecule has 0 bridgehead atoms. The molecule has 0 radical (unpaired) electrons. The summed E-state index contributed by atoms with van der Waals surface area (Å²) in [6.07, 6.45) is 5.85. The summed E-state index contributed by atoms with van der Waals surface area (Å²) < 4.78 is 13.5. The lowest BCUT2D eigenvalue weighted by Gasteiger charge is -2.27. The molecule has 1 aliphatic heterocycles. The van der Waals surface area contributed by atoms with Crippen LogP contribution in [0.5, 0.6) is 0 Å². The second kappa shape index (κ2) is 8.63. The van der Waals surface area contributed by atoms with Crippen molar-refractivity contribution in [1.82, 2.24) is 19.9 Å². The van der Waals surface area contributed by atoms with Crippen molar-refractivity contribution in [3.63, 3.8) is 0 Å². The summed E-state index contributed by atoms with van der Waals surface area (Å²) >= 11 is 0. The Morgan fingerprint density at radius 1 is 1.06 bits per heavy atom. The van der Waals surface area contributed by atoms with Crippen LogP contribution >= 0.6 is 0 Å². The minimum atomic E-state index is -0.241. The van der Waals surface area contributed by atoms with Gasteiger partial charge in [0.1, 0.15) is 5.82 Å². The molecule has 0 N–H and O–H groups in total. The first-order chi connectivity index (χ1) is 15.6. The van der Waals surface area contributed by atoms with E-state index in [1.807, 2.05) is 49.6 Å². The van der Waals surface area contributed by atoms with E-state index in [-0.39, 0.29) is 11.9 Å². The van der Waals surface area contributed by atoms with Crippen molar-refractivity contribution in [2.75, 3.05) is 25.5 Å². The maximum atomic E-state index is 13.5. The van der Waals surface area contributed by atoms with Crippen molar-refractivity contribution < 1.29 is 4.39 Å². The van der Waals surface area contributed by atoms with Crippen molar-refractivity contribution in [2.45, 2.75) is 25.4 Å². The van der Waals surface area contributed by atoms with Crippen molar-refractivity contribution >= 4 is 16.9 Å². The number of halogens is 1. The number of fused-ring (bicyclic) bond motifs is 1. The van der Waals surface area contributed by atoms with Crippen molar-refractivity contribution in [2.24, 2.45) is 0 Å². The fourth-order valence-corrected chi connectivity index (χ4v) is 4.49. The highest BCUT2D eigenvalue weighted by Crippen LogP contribution is 2.38. The minimum Gasteiger partial charge on any atom is -0.347 e. The molecule has 32 heavy (non-hydrogen) atoms. The molecule has 1 aliphatic rings. The van der Waals surface area contributed by atoms with Gasteiger partial charge in [0.2, 0.25) is 5.95 Å². The van der Waals surface area contributed by atoms with Crippen LogP contribution in [0.15, 0.2) is 67.0 Å². The van der Waals surface area contributed by atoms with Gasteiger partial charge in [-0.2, -0.15) is 0 Å². The van der Waals surface area contributed by atoms with Crippen LogP contribution in [0.4, 0.5) is 10.3 Å². The predicted molar refractivity (Wildman–Crippen MR) is 126 cm³/mol. The van der Waals surface area contributed by atoms with Gasteiger partial charge in [-0.3, -0.25) is 9.88 Å². The van der Waals surface area contributed by atoms with E-state index in [4.69, 9.17) is 4.98 Å². The lowest BCUT2D eigenvalue weighted by Crippen LogP contribution is -2.25. The molecular formula is C26H26FN5. The lowest BCUT2D eigenvalue weighted by molar-refractivity contribution is 0.245. The highest BCUT2D eigenvalue weighted by atomic mass is 19.1. The summed E-state index contributed by atoms with van der Waals surface area (Å²) in [5, 5.41) is 1.16. The molecule has 5 nitrogen and oxygen atoms in total. The molecule has 2 aromatic carbocycles. The van der Waals surface area contributed by atoms with E-state index >= 15 is 0 Å². The third-order valence-electron chi connectivity index (χ3n) is 6.09. The maximum absolute atomic E-state index is 13.5. The molecule has 5 rings (SSSR count). The van der Waals surface area contributed by atoms with Gasteiger partial charge in [-0.25, -0.2) is 14.4 Å². The van der Waals surface area contributed by atoms with Gasteiger partial charge in [0.05, 0.1) is 17.3 Å². The quantitative estimate of drug-likeness (QED) is 0.436. The standard InChI is InChI=1S/C26H26FN5/c1-31(2)26-29-16-22(19-8-10-21(27)11-9-19)25(30-26)24-6-4-14-32(24)17-18-7-12-23-20(15-18)5-3-13-28-23/h3,5,7-13,15-16,24H,4,6,14,17H2,1-2H3/t24-/m1/s1. The average molecular weight is 428 g/mol. The van der Waals surface area contributed by atoms with Gasteiger partial charge in [-0.1, -0.05) is 24.3 Å². The Kier molecular flexibility index (Phi) is 5.53. The van der Waals surface area contributed by atoms with Crippen LogP contribution in [0.2, 0.25) is 0 Å². The summed E-state index contributed by atoms with van der Waals surface area (Å²) in [4.78, 5) is 18.4. The number of aromatic nitrogens is 3. The molecule has 1 atom stereocenters. The first-order valence-electron chi connectivity index (χ1n) is 11.0. The zero-order chi connectivity index (χ0) is 22.1. The molecule has 1 fully saturated rings. The number of rotatable bonds is 5. The molecule has 0 aliphatic carbocycles. The zero-order valence-electron chi connectivity index (χ0n) is 18.4. The van der Waals surface area contributed by atoms with Gasteiger partial charge >= 0.3 is 0 Å². The molecule has 0 amide bonds. The Labute approximate surface area is 187 Å². The SMILES string of the molecule is CN(C)c1ncc(-c2ccc(F)cc2)c([C@H]2CCCN2Cc2ccc3ncccc3c2)n1. The van der Waals surface area contributed by atoms with Crippen LogP contribution in [0.1, 0.15) is 30.1 Å². The van der Waals surface area contributed by atoms with E-state index in [1.54, 1.807) is 0 Å². The fourth-order valence-electron chi connectivity index (χ4n) is 4.49. The molecule has 2 aromatic heterocycles. The van der Waals surface area contributed by atoms with Crippen LogP contribution < -0.4 is 4.90 Å². The lowest BCUT2D eigenvalue weighted by atomic mass is 9.99. The average Bonchev–Trinajstić information content (AvgIpc) is 3.27. The first kappa shape index (κ1) is 20.5. The Morgan fingerprint density at radius 2 is 1.91 bits per heavy atom. The molecule has 6 heteroatoms. The summed E-state index contributed by atoms with van der Waals surface area (Å²) in [5.74, 6) is 0.448. The second-order valence-electron chi connectivity index (χ2n) is 8.53. The summed E-state index contributed by atoms with van der Waals surface area (Å²) in [5.41, 5.74) is 5.20. The van der Waals surface area contributed by atoms with E-state index in [0.29, 0.717) is 5.95 Å². The fraction of sp³-hybridized carbons (Fsp3) is 0.269. The van der Waals surface area contributed by atoms with E-state index in [0.717, 1.165) is 53.7 Å². The Hall–Kier alpha value is -3.38. The smallest absolute Gasteiger partial charge is 0.225 e. The van der Waals surface area contributed by atoms with Crippen molar-refractivity contribution in [1.29, 1.82) is 0 Å². The van der Waals surface area contributed by atoms with Crippen LogP contribution in [0, 0.1) is 5.82 Å². The van der Waals surface area contributed by atoms with Gasteiger partial charge in [-0.15, -0.1) is 0 Å². The van der Waals surface area contributed by atoms with E-state index < -0.39 is 0 Å². The number of nitrogens with zero attached hydrogens (tertiary/aromatic N) is 5. The van der Waals surface area contributed by atoms with Crippen molar-refractivity contribution in [3.05, 3.63) is 84.1 Å². The number of likely N-dealkylation sites (tertiary alicyclic amines) is 1. The van der Waals surface area contributed by atoms with Crippen molar-refractivity contribution in [3.8, 4) is 11.1 Å². The molecule has 0 saturated carbocycles. The molecule has 1 saturated heterocycles. The van der Waals surface area contributed by atoms with Gasteiger partial charge in [-0.05, 0) is 60.8 Å². The number of hydrogen-bond acceptors (Lipinski definition) is 5. The highest BCUT2D eigenvalue weighted by molar-refractivity contribution is 5.78. The monoisotopic (exact) mass is 427 g/mol. The third-order valence-corrected chi connectivity index (χ3v) is 6.09. The Balaban J connectivity index is 1.51. The molecule has 4 aromatic rings. The minimum absolute atomic E-state index is 0.182. The summed E-state index contributed by atoms with van der Waals surface area (Å²) in [6, 6.07) is 17.3.